The van der Waals surface area contributed by atoms with Gasteiger partial charge in [-0.25, -0.2) is 0 Å². The van der Waals surface area contributed by atoms with E-state index in [-0.39, 0.29) is 12.2 Å². The van der Waals surface area contributed by atoms with Crippen molar-refractivity contribution in [2.75, 3.05) is 7.11 Å². The predicted octanol–water partition coefficient (Wildman–Crippen LogP) is 3.18. The summed E-state index contributed by atoms with van der Waals surface area (Å²) in [5, 5.41) is 0. The first-order valence-electron chi connectivity index (χ1n) is 4.93. The van der Waals surface area contributed by atoms with Crippen LogP contribution in [0.25, 0.3) is 0 Å². The van der Waals surface area contributed by atoms with Crippen LogP contribution in [0, 0.1) is 0 Å². The van der Waals surface area contributed by atoms with Gasteiger partial charge in [-0.3, -0.25) is 0 Å². The van der Waals surface area contributed by atoms with E-state index in [1.807, 2.05) is 38.1 Å². The minimum absolute atomic E-state index is 0.140. The van der Waals surface area contributed by atoms with Gasteiger partial charge in [-0.1, -0.05) is 12.1 Å². The number of benzene rings is 1. The molecule has 0 saturated heterocycles. The molecule has 1 unspecified atom stereocenters. The summed E-state index contributed by atoms with van der Waals surface area (Å²) < 4.78 is 10.8. The van der Waals surface area contributed by atoms with Crippen LogP contribution in [-0.4, -0.2) is 13.2 Å². The molecule has 0 aromatic heterocycles. The van der Waals surface area contributed by atoms with Gasteiger partial charge in [-0.15, -0.1) is 0 Å². The Balaban J connectivity index is 2.66. The summed E-state index contributed by atoms with van der Waals surface area (Å²) >= 11 is 0. The van der Waals surface area contributed by atoms with E-state index >= 15 is 0 Å². The first-order valence-corrected chi connectivity index (χ1v) is 4.93. The Bertz CT molecular complexity index is 264. The summed E-state index contributed by atoms with van der Waals surface area (Å²) in [5.74, 6) is 0.880. The molecule has 0 N–H and O–H groups in total. The second kappa shape index (κ2) is 5.01. The highest BCUT2D eigenvalue weighted by Crippen LogP contribution is 2.21. The second-order valence-corrected chi connectivity index (χ2v) is 3.60. The van der Waals surface area contributed by atoms with Crippen molar-refractivity contribution in [2.24, 2.45) is 0 Å². The van der Waals surface area contributed by atoms with Crippen molar-refractivity contribution in [3.8, 4) is 5.75 Å². The zero-order valence-electron chi connectivity index (χ0n) is 9.28. The van der Waals surface area contributed by atoms with Crippen molar-refractivity contribution in [2.45, 2.75) is 33.0 Å². The zero-order chi connectivity index (χ0) is 10.6. The van der Waals surface area contributed by atoms with E-state index < -0.39 is 0 Å². The zero-order valence-corrected chi connectivity index (χ0v) is 9.28. The van der Waals surface area contributed by atoms with Gasteiger partial charge in [0.15, 0.2) is 0 Å². The Kier molecular flexibility index (Phi) is 3.96. The van der Waals surface area contributed by atoms with Crippen LogP contribution in [0.15, 0.2) is 24.3 Å². The van der Waals surface area contributed by atoms with Crippen molar-refractivity contribution in [1.82, 2.24) is 0 Å². The van der Waals surface area contributed by atoms with E-state index in [1.165, 1.54) is 5.56 Å². The van der Waals surface area contributed by atoms with Gasteiger partial charge in [0, 0.05) is 0 Å². The molecular formula is C12H18O2. The number of rotatable bonds is 4. The third-order valence-corrected chi connectivity index (χ3v) is 2.06. The summed E-state index contributed by atoms with van der Waals surface area (Å²) in [6.07, 6.45) is 0.396. The molecule has 0 heterocycles. The van der Waals surface area contributed by atoms with E-state index in [0.29, 0.717) is 0 Å². The third-order valence-electron chi connectivity index (χ3n) is 2.06. The van der Waals surface area contributed by atoms with Gasteiger partial charge < -0.3 is 9.47 Å². The minimum atomic E-state index is 0.140. The highest BCUT2D eigenvalue weighted by atomic mass is 16.5. The van der Waals surface area contributed by atoms with E-state index in [0.717, 1.165) is 5.75 Å². The Morgan fingerprint density at radius 2 is 1.57 bits per heavy atom. The lowest BCUT2D eigenvalue weighted by molar-refractivity contribution is 0.0178. The maximum absolute atomic E-state index is 5.67. The highest BCUT2D eigenvalue weighted by Gasteiger charge is 2.07. The van der Waals surface area contributed by atoms with Gasteiger partial charge in [0.2, 0.25) is 0 Å². The Labute approximate surface area is 85.8 Å². The second-order valence-electron chi connectivity index (χ2n) is 3.60. The van der Waals surface area contributed by atoms with Crippen molar-refractivity contribution < 1.29 is 9.47 Å². The highest BCUT2D eigenvalue weighted by molar-refractivity contribution is 5.28. The molecule has 0 fully saturated rings. The summed E-state index contributed by atoms with van der Waals surface area (Å²) in [5.41, 5.74) is 1.18. The molecule has 2 nitrogen and oxygen atoms in total. The maximum Gasteiger partial charge on any atom is 0.118 e. The third kappa shape index (κ3) is 3.04. The maximum atomic E-state index is 5.67. The van der Waals surface area contributed by atoms with Crippen LogP contribution >= 0.6 is 0 Å². The van der Waals surface area contributed by atoms with Crippen molar-refractivity contribution in [1.29, 1.82) is 0 Å². The smallest absolute Gasteiger partial charge is 0.118 e. The lowest BCUT2D eigenvalue weighted by atomic mass is 10.1. The average molecular weight is 194 g/mol. The number of hydrogen-bond acceptors (Lipinski definition) is 2. The fraction of sp³-hybridized carbons (Fsp3) is 0.500. The molecule has 0 amide bonds. The Hall–Kier alpha value is -1.02. The molecule has 0 aliphatic carbocycles. The molecule has 1 aromatic rings. The van der Waals surface area contributed by atoms with Gasteiger partial charge in [0.05, 0.1) is 19.3 Å². The summed E-state index contributed by atoms with van der Waals surface area (Å²) in [6.45, 7) is 6.14. The van der Waals surface area contributed by atoms with Crippen LogP contribution in [0.1, 0.15) is 32.4 Å². The molecule has 1 aromatic carbocycles. The fourth-order valence-electron chi connectivity index (χ4n) is 1.36. The first kappa shape index (κ1) is 11.1. The number of methoxy groups -OCH3 is 1. The van der Waals surface area contributed by atoms with Crippen LogP contribution < -0.4 is 4.74 Å². The molecule has 1 atom stereocenters. The van der Waals surface area contributed by atoms with Gasteiger partial charge in [0.1, 0.15) is 5.75 Å². The van der Waals surface area contributed by atoms with E-state index in [2.05, 4.69) is 6.92 Å². The molecule has 0 saturated carbocycles. The van der Waals surface area contributed by atoms with Gasteiger partial charge >= 0.3 is 0 Å². The van der Waals surface area contributed by atoms with Crippen LogP contribution in [0.5, 0.6) is 5.75 Å². The predicted molar refractivity (Wildman–Crippen MR) is 57.6 cm³/mol. The SMILES string of the molecule is COc1ccc(C(C)OC(C)C)cc1. The van der Waals surface area contributed by atoms with Crippen LogP contribution in [0.2, 0.25) is 0 Å². The lowest BCUT2D eigenvalue weighted by Crippen LogP contribution is -2.07. The monoisotopic (exact) mass is 194 g/mol. The summed E-state index contributed by atoms with van der Waals surface area (Å²) in [4.78, 5) is 0. The molecule has 0 aliphatic rings. The van der Waals surface area contributed by atoms with Crippen molar-refractivity contribution in [3.05, 3.63) is 29.8 Å². The number of ether oxygens (including phenoxy) is 2. The van der Waals surface area contributed by atoms with Crippen LogP contribution in [0.4, 0.5) is 0 Å². The lowest BCUT2D eigenvalue weighted by Gasteiger charge is -2.16. The van der Waals surface area contributed by atoms with E-state index in [1.54, 1.807) is 7.11 Å². The molecule has 78 valence electrons. The van der Waals surface area contributed by atoms with Gasteiger partial charge in [-0.2, -0.15) is 0 Å². The van der Waals surface area contributed by atoms with Crippen LogP contribution in [-0.2, 0) is 4.74 Å². The summed E-state index contributed by atoms with van der Waals surface area (Å²) in [7, 11) is 1.67. The minimum Gasteiger partial charge on any atom is -0.497 e. The standard InChI is InChI=1S/C12H18O2/c1-9(2)14-10(3)11-5-7-12(13-4)8-6-11/h5-10H,1-4H3. The van der Waals surface area contributed by atoms with E-state index in [9.17, 15) is 0 Å². The Morgan fingerprint density at radius 3 is 2.00 bits per heavy atom. The Morgan fingerprint density at radius 1 is 1.00 bits per heavy atom. The van der Waals surface area contributed by atoms with Crippen molar-refractivity contribution in [3.63, 3.8) is 0 Å². The summed E-state index contributed by atoms with van der Waals surface area (Å²) in [6, 6.07) is 7.98. The normalized spacial score (nSPS) is 12.9. The molecule has 0 radical (unpaired) electrons. The molecular weight excluding hydrogens is 176 g/mol. The molecule has 0 spiro atoms. The largest absolute Gasteiger partial charge is 0.497 e. The number of hydrogen-bond donors (Lipinski definition) is 0. The molecule has 0 bridgehead atoms. The molecule has 14 heavy (non-hydrogen) atoms. The van der Waals surface area contributed by atoms with Gasteiger partial charge in [0.25, 0.3) is 0 Å². The fourth-order valence-corrected chi connectivity index (χ4v) is 1.36. The average Bonchev–Trinajstić information content (AvgIpc) is 2.17. The first-order chi connectivity index (χ1) is 6.63. The molecule has 1 rings (SSSR count). The topological polar surface area (TPSA) is 18.5 Å². The van der Waals surface area contributed by atoms with E-state index in [4.69, 9.17) is 9.47 Å². The van der Waals surface area contributed by atoms with Crippen LogP contribution in [0.3, 0.4) is 0 Å². The van der Waals surface area contributed by atoms with Gasteiger partial charge in [-0.05, 0) is 38.5 Å². The molecule has 2 heteroatoms. The molecule has 0 aliphatic heterocycles. The van der Waals surface area contributed by atoms with Crippen molar-refractivity contribution >= 4 is 0 Å². The quantitative estimate of drug-likeness (QED) is 0.733.